The molecule has 1 heterocycles. The van der Waals surface area contributed by atoms with Crippen LogP contribution in [-0.4, -0.2) is 42.2 Å². The van der Waals surface area contributed by atoms with E-state index >= 15 is 0 Å². The van der Waals surface area contributed by atoms with Gasteiger partial charge in [0.25, 0.3) is 0 Å². The monoisotopic (exact) mass is 293 g/mol. The summed E-state index contributed by atoms with van der Waals surface area (Å²) >= 11 is 0. The van der Waals surface area contributed by atoms with Crippen LogP contribution in [0, 0.1) is 0 Å². The summed E-state index contributed by atoms with van der Waals surface area (Å²) < 4.78 is 5.72. The Kier molecular flexibility index (Phi) is 6.58. The molecule has 1 saturated carbocycles. The number of allylic oxidation sites excluding steroid dienone is 2. The molecule has 4 heteroatoms. The molecule has 0 spiro atoms. The van der Waals surface area contributed by atoms with Crippen LogP contribution in [0.3, 0.4) is 0 Å². The third-order valence-corrected chi connectivity index (χ3v) is 4.64. The highest BCUT2D eigenvalue weighted by molar-refractivity contribution is 5.13. The molecular formula is C17H31N3O. The molecule has 1 aliphatic heterocycles. The Morgan fingerprint density at radius 2 is 1.90 bits per heavy atom. The summed E-state index contributed by atoms with van der Waals surface area (Å²) in [6.07, 6.45) is 10.9. The summed E-state index contributed by atoms with van der Waals surface area (Å²) in [7, 11) is 0. The van der Waals surface area contributed by atoms with E-state index in [4.69, 9.17) is 10.6 Å². The molecule has 21 heavy (non-hydrogen) atoms. The number of ether oxygens (including phenoxy) is 1. The van der Waals surface area contributed by atoms with Gasteiger partial charge in [0.05, 0.1) is 0 Å². The number of hydrogen-bond donors (Lipinski definition) is 1. The van der Waals surface area contributed by atoms with Crippen LogP contribution in [-0.2, 0) is 4.74 Å². The van der Waals surface area contributed by atoms with Crippen molar-refractivity contribution in [1.82, 2.24) is 9.91 Å². The first kappa shape index (κ1) is 16.4. The maximum atomic E-state index is 6.23. The molecular weight excluding hydrogens is 262 g/mol. The summed E-state index contributed by atoms with van der Waals surface area (Å²) in [5.41, 5.74) is 1.05. The van der Waals surface area contributed by atoms with Gasteiger partial charge in [-0.15, -0.1) is 0 Å². The quantitative estimate of drug-likeness (QED) is 0.339. The number of hydrogen-bond acceptors (Lipinski definition) is 4. The molecule has 0 radical (unpaired) electrons. The Labute approximate surface area is 129 Å². The lowest BCUT2D eigenvalue weighted by Gasteiger charge is -2.32. The van der Waals surface area contributed by atoms with Crippen LogP contribution in [0.1, 0.15) is 51.9 Å². The highest BCUT2D eigenvalue weighted by Crippen LogP contribution is 2.23. The van der Waals surface area contributed by atoms with E-state index in [0.717, 1.165) is 24.6 Å². The number of nitrogens with two attached hydrogens (primary N) is 1. The van der Waals surface area contributed by atoms with E-state index in [1.807, 2.05) is 18.0 Å². The van der Waals surface area contributed by atoms with Gasteiger partial charge in [-0.2, -0.15) is 0 Å². The van der Waals surface area contributed by atoms with Gasteiger partial charge in [0.2, 0.25) is 0 Å². The highest BCUT2D eigenvalue weighted by Gasteiger charge is 2.19. The van der Waals surface area contributed by atoms with Crippen LogP contribution in [0.15, 0.2) is 24.1 Å². The summed E-state index contributed by atoms with van der Waals surface area (Å²) in [6, 6.07) is 0.479. The normalized spacial score (nSPS) is 21.5. The Balaban J connectivity index is 1.70. The Morgan fingerprint density at radius 1 is 1.24 bits per heavy atom. The average molecular weight is 293 g/mol. The minimum atomic E-state index is 0.479. The van der Waals surface area contributed by atoms with Gasteiger partial charge in [0.15, 0.2) is 0 Å². The maximum Gasteiger partial charge on any atom is 0.113 e. The second-order valence-electron chi connectivity index (χ2n) is 6.35. The van der Waals surface area contributed by atoms with E-state index in [0.29, 0.717) is 6.04 Å². The van der Waals surface area contributed by atoms with Crippen molar-refractivity contribution in [2.24, 2.45) is 5.84 Å². The molecule has 0 unspecified atom stereocenters. The lowest BCUT2D eigenvalue weighted by Crippen LogP contribution is -2.40. The highest BCUT2D eigenvalue weighted by atomic mass is 16.5. The summed E-state index contributed by atoms with van der Waals surface area (Å²) in [5, 5.41) is 1.91. The molecule has 0 aromatic carbocycles. The zero-order valence-electron chi connectivity index (χ0n) is 13.5. The predicted molar refractivity (Wildman–Crippen MR) is 87.4 cm³/mol. The van der Waals surface area contributed by atoms with Gasteiger partial charge in [-0.1, -0.05) is 25.8 Å². The molecule has 2 fully saturated rings. The molecule has 1 aliphatic carbocycles. The Hall–Kier alpha value is -1.00. The van der Waals surface area contributed by atoms with Gasteiger partial charge in [0, 0.05) is 18.3 Å². The van der Waals surface area contributed by atoms with Gasteiger partial charge in [0.1, 0.15) is 12.4 Å². The van der Waals surface area contributed by atoms with Gasteiger partial charge in [-0.3, -0.25) is 4.90 Å². The summed E-state index contributed by atoms with van der Waals surface area (Å²) in [6.45, 7) is 10.2. The largest absolute Gasteiger partial charge is 0.493 e. The van der Waals surface area contributed by atoms with Gasteiger partial charge in [-0.05, 0) is 51.8 Å². The molecule has 2 N–H and O–H groups in total. The minimum absolute atomic E-state index is 0.479. The lowest BCUT2D eigenvalue weighted by atomic mass is 9.95. The fourth-order valence-electron chi connectivity index (χ4n) is 3.31. The van der Waals surface area contributed by atoms with Crippen LogP contribution in [0.4, 0.5) is 0 Å². The van der Waals surface area contributed by atoms with Crippen molar-refractivity contribution in [1.29, 1.82) is 0 Å². The molecule has 0 atom stereocenters. The predicted octanol–water partition coefficient (Wildman–Crippen LogP) is 3.02. The maximum absolute atomic E-state index is 6.23. The van der Waals surface area contributed by atoms with E-state index in [1.165, 1.54) is 58.0 Å². The topological polar surface area (TPSA) is 41.7 Å². The van der Waals surface area contributed by atoms with Crippen molar-refractivity contribution in [3.63, 3.8) is 0 Å². The Bertz CT molecular complexity index is 355. The average Bonchev–Trinajstić information content (AvgIpc) is 3.00. The Morgan fingerprint density at radius 3 is 2.57 bits per heavy atom. The van der Waals surface area contributed by atoms with E-state index in [1.54, 1.807) is 0 Å². The van der Waals surface area contributed by atoms with E-state index in [-0.39, 0.29) is 0 Å². The molecule has 0 amide bonds. The first-order chi connectivity index (χ1) is 10.2. The lowest BCUT2D eigenvalue weighted by molar-refractivity contribution is 0.176. The van der Waals surface area contributed by atoms with Crippen LogP contribution >= 0.6 is 0 Å². The van der Waals surface area contributed by atoms with Gasteiger partial charge < -0.3 is 9.75 Å². The third-order valence-electron chi connectivity index (χ3n) is 4.64. The summed E-state index contributed by atoms with van der Waals surface area (Å²) in [4.78, 5) is 2.45. The van der Waals surface area contributed by atoms with Crippen LogP contribution in [0.25, 0.3) is 0 Å². The molecule has 0 aromatic rings. The van der Waals surface area contributed by atoms with Crippen LogP contribution < -0.4 is 5.84 Å². The zero-order chi connectivity index (χ0) is 15.1. The molecule has 0 aromatic heterocycles. The van der Waals surface area contributed by atoms with Crippen molar-refractivity contribution in [3.05, 3.63) is 24.1 Å². The molecule has 120 valence electrons. The zero-order valence-corrected chi connectivity index (χ0v) is 13.5. The molecule has 2 aliphatic rings. The first-order valence-corrected chi connectivity index (χ1v) is 8.43. The van der Waals surface area contributed by atoms with Crippen molar-refractivity contribution < 1.29 is 4.74 Å². The third kappa shape index (κ3) is 5.36. The van der Waals surface area contributed by atoms with E-state index in [2.05, 4.69) is 11.5 Å². The summed E-state index contributed by atoms with van der Waals surface area (Å²) in [5.74, 6) is 6.95. The van der Waals surface area contributed by atoms with E-state index < -0.39 is 0 Å². The molecule has 4 nitrogen and oxygen atoms in total. The molecule has 1 saturated heterocycles. The van der Waals surface area contributed by atoms with Crippen molar-refractivity contribution in [2.45, 2.75) is 57.9 Å². The smallest absolute Gasteiger partial charge is 0.113 e. The van der Waals surface area contributed by atoms with Crippen molar-refractivity contribution >= 4 is 0 Å². The van der Waals surface area contributed by atoms with Crippen molar-refractivity contribution in [3.8, 4) is 0 Å². The SMILES string of the molecule is C=C(/C=C(/C)N(N)C1CCCCC1)OCCN1CCCC1. The first-order valence-electron chi connectivity index (χ1n) is 8.43. The number of nitrogens with zero attached hydrogens (tertiary/aromatic N) is 2. The van der Waals surface area contributed by atoms with Crippen LogP contribution in [0.2, 0.25) is 0 Å². The van der Waals surface area contributed by atoms with Gasteiger partial charge in [-0.25, -0.2) is 5.84 Å². The fraction of sp³-hybridized carbons (Fsp3) is 0.765. The standard InChI is InChI=1S/C17H31N3O/c1-15(20(18)17-8-4-3-5-9-17)14-16(2)21-13-12-19-10-6-7-11-19/h14,17H,2-13,18H2,1H3/b15-14-. The number of likely N-dealkylation sites (tertiary alicyclic amines) is 1. The van der Waals surface area contributed by atoms with Gasteiger partial charge >= 0.3 is 0 Å². The minimum Gasteiger partial charge on any atom is -0.493 e. The molecule has 0 bridgehead atoms. The van der Waals surface area contributed by atoms with Crippen LogP contribution in [0.5, 0.6) is 0 Å². The fourth-order valence-corrected chi connectivity index (χ4v) is 3.31. The number of rotatable bonds is 7. The number of hydrazine groups is 1. The molecule has 2 rings (SSSR count). The van der Waals surface area contributed by atoms with E-state index in [9.17, 15) is 0 Å². The van der Waals surface area contributed by atoms with Crippen molar-refractivity contribution in [2.75, 3.05) is 26.2 Å². The second kappa shape index (κ2) is 8.44. The second-order valence-corrected chi connectivity index (χ2v) is 6.35.